The lowest BCUT2D eigenvalue weighted by Gasteiger charge is -2.13. The van der Waals surface area contributed by atoms with E-state index in [0.29, 0.717) is 0 Å². The van der Waals surface area contributed by atoms with Gasteiger partial charge in [-0.15, -0.1) is 0 Å². The Morgan fingerprint density at radius 2 is 2.00 bits per heavy atom. The van der Waals surface area contributed by atoms with Gasteiger partial charge in [-0.05, 0) is 25.1 Å². The quantitative estimate of drug-likeness (QED) is 0.909. The van der Waals surface area contributed by atoms with Crippen molar-refractivity contribution >= 4 is 39.0 Å². The Kier molecular flexibility index (Phi) is 5.16. The standard InChI is InChI=1S/C11H13Cl2NO3S/c1-3-10(15)7(2)14-18(16,17)11-6-8(12)4-5-9(11)13/h4-7,14H,3H2,1-2H3. The minimum Gasteiger partial charge on any atom is -0.298 e. The van der Waals surface area contributed by atoms with Gasteiger partial charge in [-0.1, -0.05) is 30.1 Å². The lowest BCUT2D eigenvalue weighted by atomic mass is 10.2. The summed E-state index contributed by atoms with van der Waals surface area (Å²) in [7, 11) is -3.86. The molecule has 0 spiro atoms. The molecule has 0 bridgehead atoms. The van der Waals surface area contributed by atoms with Crippen molar-refractivity contribution in [2.45, 2.75) is 31.2 Å². The number of carbonyl (C=O) groups is 1. The molecule has 0 aliphatic carbocycles. The van der Waals surface area contributed by atoms with Crippen molar-refractivity contribution in [1.29, 1.82) is 0 Å². The van der Waals surface area contributed by atoms with Crippen LogP contribution in [0.4, 0.5) is 0 Å². The molecule has 0 fully saturated rings. The van der Waals surface area contributed by atoms with Gasteiger partial charge in [-0.2, -0.15) is 0 Å². The predicted molar refractivity (Wildman–Crippen MR) is 71.5 cm³/mol. The maximum absolute atomic E-state index is 12.0. The van der Waals surface area contributed by atoms with Crippen molar-refractivity contribution in [3.8, 4) is 0 Å². The van der Waals surface area contributed by atoms with Gasteiger partial charge in [0.1, 0.15) is 10.7 Å². The Bertz CT molecular complexity index is 557. The minimum absolute atomic E-state index is 0.0584. The third-order valence-electron chi connectivity index (χ3n) is 2.35. The van der Waals surface area contributed by atoms with E-state index in [0.717, 1.165) is 0 Å². The van der Waals surface area contributed by atoms with Crippen LogP contribution < -0.4 is 4.72 Å². The molecule has 1 rings (SSSR count). The third kappa shape index (κ3) is 3.68. The van der Waals surface area contributed by atoms with Crippen LogP contribution >= 0.6 is 23.2 Å². The molecule has 0 heterocycles. The van der Waals surface area contributed by atoms with E-state index in [1.165, 1.54) is 25.1 Å². The van der Waals surface area contributed by atoms with E-state index in [1.54, 1.807) is 6.92 Å². The number of ketones is 1. The van der Waals surface area contributed by atoms with Gasteiger partial charge < -0.3 is 0 Å². The van der Waals surface area contributed by atoms with E-state index in [4.69, 9.17) is 23.2 Å². The highest BCUT2D eigenvalue weighted by molar-refractivity contribution is 7.89. The lowest BCUT2D eigenvalue weighted by molar-refractivity contribution is -0.119. The second-order valence-electron chi connectivity index (χ2n) is 3.74. The summed E-state index contributed by atoms with van der Waals surface area (Å²) in [6.07, 6.45) is 0.257. The molecular weight excluding hydrogens is 297 g/mol. The summed E-state index contributed by atoms with van der Waals surface area (Å²) in [5, 5.41) is 0.317. The topological polar surface area (TPSA) is 63.2 Å². The number of carbonyl (C=O) groups excluding carboxylic acids is 1. The van der Waals surface area contributed by atoms with Crippen molar-refractivity contribution in [1.82, 2.24) is 4.72 Å². The first kappa shape index (κ1) is 15.4. The van der Waals surface area contributed by atoms with Crippen LogP contribution in [0.1, 0.15) is 20.3 Å². The number of halogens is 2. The average Bonchev–Trinajstić information content (AvgIpc) is 2.30. The Hall–Kier alpha value is -0.620. The molecule has 7 heteroatoms. The van der Waals surface area contributed by atoms with Gasteiger partial charge in [-0.3, -0.25) is 4.79 Å². The zero-order chi connectivity index (χ0) is 13.9. The molecule has 4 nitrogen and oxygen atoms in total. The number of benzene rings is 1. The van der Waals surface area contributed by atoms with Gasteiger partial charge in [0.15, 0.2) is 0 Å². The Morgan fingerprint density at radius 3 is 2.56 bits per heavy atom. The minimum atomic E-state index is -3.86. The SMILES string of the molecule is CCC(=O)C(C)NS(=O)(=O)c1cc(Cl)ccc1Cl. The molecule has 1 N–H and O–H groups in total. The van der Waals surface area contributed by atoms with E-state index in [1.807, 2.05) is 0 Å². The molecule has 0 aliphatic rings. The molecule has 0 aromatic heterocycles. The highest BCUT2D eigenvalue weighted by Crippen LogP contribution is 2.25. The van der Waals surface area contributed by atoms with E-state index >= 15 is 0 Å². The van der Waals surface area contributed by atoms with Crippen LogP contribution in [0.2, 0.25) is 10.0 Å². The average molecular weight is 310 g/mol. The van der Waals surface area contributed by atoms with Gasteiger partial charge in [-0.25, -0.2) is 13.1 Å². The molecule has 0 amide bonds. The van der Waals surface area contributed by atoms with Gasteiger partial charge >= 0.3 is 0 Å². The van der Waals surface area contributed by atoms with Crippen LogP contribution in [0.5, 0.6) is 0 Å². The maximum Gasteiger partial charge on any atom is 0.242 e. The zero-order valence-corrected chi connectivity index (χ0v) is 12.2. The molecule has 100 valence electrons. The fraction of sp³-hybridized carbons (Fsp3) is 0.364. The van der Waals surface area contributed by atoms with Crippen molar-refractivity contribution in [2.24, 2.45) is 0 Å². The Balaban J connectivity index is 3.07. The largest absolute Gasteiger partial charge is 0.298 e. The molecule has 1 unspecified atom stereocenters. The molecule has 0 saturated carbocycles. The molecule has 1 aromatic carbocycles. The summed E-state index contributed by atoms with van der Waals surface area (Å²) >= 11 is 11.5. The van der Waals surface area contributed by atoms with Gasteiger partial charge in [0.25, 0.3) is 0 Å². The molecular formula is C11H13Cl2NO3S. The lowest BCUT2D eigenvalue weighted by Crippen LogP contribution is -2.38. The fourth-order valence-corrected chi connectivity index (χ4v) is 3.34. The summed E-state index contributed by atoms with van der Waals surface area (Å²) in [6, 6.07) is 3.33. The monoisotopic (exact) mass is 309 g/mol. The Labute approximate surface area is 116 Å². The fourth-order valence-electron chi connectivity index (χ4n) is 1.35. The molecule has 1 atom stereocenters. The second-order valence-corrected chi connectivity index (χ2v) is 6.26. The number of Topliss-reactive ketones (excluding diaryl/α,β-unsaturated/α-hetero) is 1. The number of rotatable bonds is 5. The molecule has 18 heavy (non-hydrogen) atoms. The van der Waals surface area contributed by atoms with Crippen LogP contribution in [0, 0.1) is 0 Å². The first-order chi connectivity index (χ1) is 8.27. The van der Waals surface area contributed by atoms with Crippen molar-refractivity contribution in [2.75, 3.05) is 0 Å². The van der Waals surface area contributed by atoms with Crippen LogP contribution in [-0.2, 0) is 14.8 Å². The van der Waals surface area contributed by atoms with Crippen molar-refractivity contribution in [3.63, 3.8) is 0 Å². The summed E-state index contributed by atoms with van der Waals surface area (Å²) in [4.78, 5) is 11.3. The summed E-state index contributed by atoms with van der Waals surface area (Å²) in [6.45, 7) is 3.15. The van der Waals surface area contributed by atoms with Crippen LogP contribution in [0.3, 0.4) is 0 Å². The summed E-state index contributed by atoms with van der Waals surface area (Å²) in [5.41, 5.74) is 0. The first-order valence-electron chi connectivity index (χ1n) is 5.28. The highest BCUT2D eigenvalue weighted by Gasteiger charge is 2.23. The normalized spacial score (nSPS) is 13.3. The van der Waals surface area contributed by atoms with Gasteiger partial charge in [0, 0.05) is 11.4 Å². The summed E-state index contributed by atoms with van der Waals surface area (Å²) in [5.74, 6) is -0.197. The van der Waals surface area contributed by atoms with Crippen LogP contribution in [0.25, 0.3) is 0 Å². The third-order valence-corrected chi connectivity index (χ3v) is 4.60. The van der Waals surface area contributed by atoms with E-state index in [-0.39, 0.29) is 27.1 Å². The summed E-state index contributed by atoms with van der Waals surface area (Å²) < 4.78 is 26.3. The first-order valence-corrected chi connectivity index (χ1v) is 7.52. The van der Waals surface area contributed by atoms with E-state index < -0.39 is 16.1 Å². The van der Waals surface area contributed by atoms with Gasteiger partial charge in [0.05, 0.1) is 11.1 Å². The van der Waals surface area contributed by atoms with E-state index in [9.17, 15) is 13.2 Å². The second kappa shape index (κ2) is 6.02. The smallest absolute Gasteiger partial charge is 0.242 e. The van der Waals surface area contributed by atoms with Crippen molar-refractivity contribution < 1.29 is 13.2 Å². The Morgan fingerprint density at radius 1 is 1.39 bits per heavy atom. The maximum atomic E-state index is 12.0. The van der Waals surface area contributed by atoms with E-state index in [2.05, 4.69) is 4.72 Å². The highest BCUT2D eigenvalue weighted by atomic mass is 35.5. The molecule has 0 radical (unpaired) electrons. The number of sulfonamides is 1. The predicted octanol–water partition coefficient (Wildman–Crippen LogP) is 2.64. The number of nitrogens with one attached hydrogen (secondary N) is 1. The number of hydrogen-bond donors (Lipinski definition) is 1. The van der Waals surface area contributed by atoms with Crippen LogP contribution in [-0.4, -0.2) is 20.2 Å². The van der Waals surface area contributed by atoms with Crippen LogP contribution in [0.15, 0.2) is 23.1 Å². The molecule has 0 saturated heterocycles. The molecule has 0 aliphatic heterocycles. The zero-order valence-electron chi connectivity index (χ0n) is 9.91. The van der Waals surface area contributed by atoms with Crippen molar-refractivity contribution in [3.05, 3.63) is 28.2 Å². The molecule has 1 aromatic rings. The van der Waals surface area contributed by atoms with Gasteiger partial charge in [0.2, 0.25) is 10.0 Å². The number of hydrogen-bond acceptors (Lipinski definition) is 3.